The molecule has 2 N–H and O–H groups in total. The highest BCUT2D eigenvalue weighted by Crippen LogP contribution is 2.32. The number of nitrogens with one attached hydrogen (secondary N) is 2. The van der Waals surface area contributed by atoms with Crippen LogP contribution in [0.4, 0.5) is 11.4 Å². The topological polar surface area (TPSA) is 101 Å². The van der Waals surface area contributed by atoms with Crippen molar-refractivity contribution in [3.05, 3.63) is 28.3 Å². The molecular formula is C16H25N3O4S. The first-order valence-electron chi connectivity index (χ1n) is 8.28. The van der Waals surface area contributed by atoms with Crippen molar-refractivity contribution in [1.82, 2.24) is 4.72 Å². The molecule has 0 aliphatic heterocycles. The van der Waals surface area contributed by atoms with Gasteiger partial charge in [0.05, 0.1) is 9.82 Å². The van der Waals surface area contributed by atoms with Crippen LogP contribution >= 0.6 is 0 Å². The number of sulfonamides is 1. The molecule has 1 saturated carbocycles. The molecule has 1 aliphatic carbocycles. The van der Waals surface area contributed by atoms with E-state index in [-0.39, 0.29) is 22.7 Å². The van der Waals surface area contributed by atoms with Gasteiger partial charge in [0, 0.05) is 18.2 Å². The maximum Gasteiger partial charge on any atom is 0.293 e. The molecule has 0 heterocycles. The van der Waals surface area contributed by atoms with Gasteiger partial charge in [-0.25, -0.2) is 13.1 Å². The van der Waals surface area contributed by atoms with E-state index in [4.69, 9.17) is 0 Å². The molecule has 1 aromatic rings. The SMILES string of the molecule is CC(C)NS(=O)(=O)c1ccc(N[C@@H]2CCCC[C@@H]2C)c([N+](=O)[O-])c1. The summed E-state index contributed by atoms with van der Waals surface area (Å²) in [7, 11) is -3.76. The van der Waals surface area contributed by atoms with Gasteiger partial charge in [0.2, 0.25) is 10.0 Å². The van der Waals surface area contributed by atoms with Crippen LogP contribution < -0.4 is 10.0 Å². The van der Waals surface area contributed by atoms with Gasteiger partial charge in [-0.15, -0.1) is 0 Å². The molecule has 1 fully saturated rings. The van der Waals surface area contributed by atoms with E-state index in [9.17, 15) is 18.5 Å². The van der Waals surface area contributed by atoms with Crippen molar-refractivity contribution >= 4 is 21.4 Å². The first kappa shape index (κ1) is 18.7. The van der Waals surface area contributed by atoms with Gasteiger partial charge < -0.3 is 5.32 Å². The van der Waals surface area contributed by atoms with Crippen LogP contribution in [-0.2, 0) is 10.0 Å². The molecule has 0 saturated heterocycles. The molecule has 1 aromatic carbocycles. The Labute approximate surface area is 143 Å². The number of hydrogen-bond donors (Lipinski definition) is 2. The predicted molar refractivity (Wildman–Crippen MR) is 93.6 cm³/mol. The summed E-state index contributed by atoms with van der Waals surface area (Å²) in [5.41, 5.74) is 0.168. The molecule has 0 spiro atoms. The number of nitro groups is 1. The monoisotopic (exact) mass is 355 g/mol. The van der Waals surface area contributed by atoms with Crippen molar-refractivity contribution < 1.29 is 13.3 Å². The van der Waals surface area contributed by atoms with Gasteiger partial charge in [-0.1, -0.05) is 19.8 Å². The molecule has 134 valence electrons. The van der Waals surface area contributed by atoms with E-state index in [1.165, 1.54) is 18.6 Å². The second kappa shape index (κ2) is 7.48. The zero-order valence-electron chi connectivity index (χ0n) is 14.3. The predicted octanol–water partition coefficient (Wildman–Crippen LogP) is 3.27. The lowest BCUT2D eigenvalue weighted by atomic mass is 9.86. The molecule has 1 aliphatic rings. The number of nitro benzene ring substituents is 1. The van der Waals surface area contributed by atoms with Crippen LogP contribution in [0.5, 0.6) is 0 Å². The van der Waals surface area contributed by atoms with Crippen LogP contribution in [0, 0.1) is 16.0 Å². The molecule has 2 atom stereocenters. The van der Waals surface area contributed by atoms with Crippen LogP contribution in [0.25, 0.3) is 0 Å². The van der Waals surface area contributed by atoms with Gasteiger partial charge >= 0.3 is 0 Å². The molecule has 2 rings (SSSR count). The third kappa shape index (κ3) is 4.45. The summed E-state index contributed by atoms with van der Waals surface area (Å²) >= 11 is 0. The first-order valence-corrected chi connectivity index (χ1v) is 9.76. The quantitative estimate of drug-likeness (QED) is 0.602. The van der Waals surface area contributed by atoms with Gasteiger partial charge in [-0.3, -0.25) is 10.1 Å². The summed E-state index contributed by atoms with van der Waals surface area (Å²) in [6, 6.07) is 3.92. The van der Waals surface area contributed by atoms with E-state index in [0.717, 1.165) is 25.3 Å². The average Bonchev–Trinajstić information content (AvgIpc) is 2.48. The van der Waals surface area contributed by atoms with Crippen molar-refractivity contribution in [3.63, 3.8) is 0 Å². The number of nitrogens with zero attached hydrogens (tertiary/aromatic N) is 1. The summed E-state index contributed by atoms with van der Waals surface area (Å²) < 4.78 is 26.9. The van der Waals surface area contributed by atoms with Crippen molar-refractivity contribution in [2.75, 3.05) is 5.32 Å². The standard InChI is InChI=1S/C16H25N3O4S/c1-11(2)18-24(22,23)13-8-9-15(16(10-13)19(20)21)17-14-7-5-4-6-12(14)3/h8-12,14,17-18H,4-7H2,1-3H3/t12-,14+/m0/s1. The van der Waals surface area contributed by atoms with Crippen molar-refractivity contribution in [1.29, 1.82) is 0 Å². The van der Waals surface area contributed by atoms with E-state index in [0.29, 0.717) is 11.6 Å². The summed E-state index contributed by atoms with van der Waals surface area (Å²) in [5.74, 6) is 0.435. The third-order valence-electron chi connectivity index (χ3n) is 4.32. The van der Waals surface area contributed by atoms with Crippen LogP contribution in [0.3, 0.4) is 0 Å². The molecule has 0 bridgehead atoms. The Morgan fingerprint density at radius 1 is 1.25 bits per heavy atom. The Morgan fingerprint density at radius 2 is 1.92 bits per heavy atom. The summed E-state index contributed by atoms with van der Waals surface area (Å²) in [6.07, 6.45) is 4.34. The second-order valence-corrected chi connectivity index (χ2v) is 8.44. The minimum absolute atomic E-state index is 0.0925. The van der Waals surface area contributed by atoms with Gasteiger partial charge in [-0.05, 0) is 44.7 Å². The molecule has 8 heteroatoms. The molecule has 0 aromatic heterocycles. The van der Waals surface area contributed by atoms with Crippen molar-refractivity contribution in [3.8, 4) is 0 Å². The molecule has 7 nitrogen and oxygen atoms in total. The minimum Gasteiger partial charge on any atom is -0.376 e. The summed E-state index contributed by atoms with van der Waals surface area (Å²) in [6.45, 7) is 5.53. The van der Waals surface area contributed by atoms with Gasteiger partial charge in [0.1, 0.15) is 5.69 Å². The fourth-order valence-electron chi connectivity index (χ4n) is 3.06. The van der Waals surface area contributed by atoms with Gasteiger partial charge in [0.25, 0.3) is 5.69 Å². The largest absolute Gasteiger partial charge is 0.376 e. The Hall–Kier alpha value is -1.67. The van der Waals surface area contributed by atoms with Crippen molar-refractivity contribution in [2.24, 2.45) is 5.92 Å². The third-order valence-corrected chi connectivity index (χ3v) is 5.98. The van der Waals surface area contributed by atoms with Crippen LogP contribution in [0.2, 0.25) is 0 Å². The molecule has 0 radical (unpaired) electrons. The molecule has 0 unspecified atom stereocenters. The van der Waals surface area contributed by atoms with Crippen LogP contribution in [0.15, 0.2) is 23.1 Å². The van der Waals surface area contributed by atoms with Gasteiger partial charge in [0.15, 0.2) is 0 Å². The normalized spacial score (nSPS) is 21.7. The maximum atomic E-state index is 12.2. The Kier molecular flexibility index (Phi) is 5.82. The highest BCUT2D eigenvalue weighted by atomic mass is 32.2. The lowest BCUT2D eigenvalue weighted by molar-refractivity contribution is -0.384. The van der Waals surface area contributed by atoms with E-state index in [2.05, 4.69) is 17.0 Å². The maximum absolute atomic E-state index is 12.2. The van der Waals surface area contributed by atoms with Crippen molar-refractivity contribution in [2.45, 2.75) is 63.4 Å². The smallest absolute Gasteiger partial charge is 0.293 e. The zero-order chi connectivity index (χ0) is 17.9. The molecule has 0 amide bonds. The first-order chi connectivity index (χ1) is 11.2. The van der Waals surface area contributed by atoms with Gasteiger partial charge in [-0.2, -0.15) is 0 Å². The van der Waals surface area contributed by atoms with E-state index in [1.807, 2.05) is 0 Å². The summed E-state index contributed by atoms with van der Waals surface area (Å²) in [4.78, 5) is 10.8. The van der Waals surface area contributed by atoms with E-state index < -0.39 is 14.9 Å². The second-order valence-electron chi connectivity index (χ2n) is 6.72. The Bertz CT molecular complexity index is 703. The minimum atomic E-state index is -3.76. The van der Waals surface area contributed by atoms with Crippen LogP contribution in [-0.4, -0.2) is 25.4 Å². The molecular weight excluding hydrogens is 330 g/mol. The number of rotatable bonds is 6. The lowest BCUT2D eigenvalue weighted by Gasteiger charge is -2.30. The highest BCUT2D eigenvalue weighted by Gasteiger charge is 2.26. The van der Waals surface area contributed by atoms with Crippen LogP contribution in [0.1, 0.15) is 46.5 Å². The zero-order valence-corrected chi connectivity index (χ0v) is 15.1. The Morgan fingerprint density at radius 3 is 2.50 bits per heavy atom. The van der Waals surface area contributed by atoms with E-state index >= 15 is 0 Å². The fourth-order valence-corrected chi connectivity index (χ4v) is 4.33. The molecule has 24 heavy (non-hydrogen) atoms. The number of benzene rings is 1. The Balaban J connectivity index is 2.32. The number of anilines is 1. The fraction of sp³-hybridized carbons (Fsp3) is 0.625. The van der Waals surface area contributed by atoms with E-state index in [1.54, 1.807) is 13.8 Å². The highest BCUT2D eigenvalue weighted by molar-refractivity contribution is 7.89. The summed E-state index contributed by atoms with van der Waals surface area (Å²) in [5, 5.41) is 14.6. The lowest BCUT2D eigenvalue weighted by Crippen LogP contribution is -2.31. The average molecular weight is 355 g/mol. The number of hydrogen-bond acceptors (Lipinski definition) is 5.